The zero-order valence-corrected chi connectivity index (χ0v) is 9.19. The predicted molar refractivity (Wildman–Crippen MR) is 59.4 cm³/mol. The van der Waals surface area contributed by atoms with Crippen molar-refractivity contribution in [2.45, 2.75) is 39.5 Å². The molecular weight excluding hydrogens is 180 g/mol. The molecule has 1 aromatic carbocycles. The van der Waals surface area contributed by atoms with Crippen LogP contribution in [0.3, 0.4) is 0 Å². The Bertz CT molecular complexity index is 266. The predicted octanol–water partition coefficient (Wildman–Crippen LogP) is 4.25. The van der Waals surface area contributed by atoms with Gasteiger partial charge in [0.1, 0.15) is 0 Å². The third kappa shape index (κ3) is 2.73. The summed E-state index contributed by atoms with van der Waals surface area (Å²) in [4.78, 5) is 0. The van der Waals surface area contributed by atoms with Gasteiger partial charge in [-0.3, -0.25) is 0 Å². The SMILES string of the molecule is CCCc1cccc(Cl)c1CCC. The fourth-order valence-electron chi connectivity index (χ4n) is 1.64. The Kier molecular flexibility index (Phi) is 4.31. The molecule has 0 atom stereocenters. The molecule has 1 rings (SSSR count). The van der Waals surface area contributed by atoms with E-state index in [0.717, 1.165) is 17.9 Å². The molecule has 0 spiro atoms. The molecule has 0 unspecified atom stereocenters. The van der Waals surface area contributed by atoms with Crippen molar-refractivity contribution in [2.75, 3.05) is 0 Å². The van der Waals surface area contributed by atoms with E-state index in [1.54, 1.807) is 0 Å². The molecule has 0 aromatic heterocycles. The fraction of sp³-hybridized carbons (Fsp3) is 0.500. The highest BCUT2D eigenvalue weighted by Gasteiger charge is 2.04. The maximum atomic E-state index is 6.14. The van der Waals surface area contributed by atoms with Crippen LogP contribution in [0.2, 0.25) is 5.02 Å². The van der Waals surface area contributed by atoms with Gasteiger partial charge in [-0.05, 0) is 30.0 Å². The molecule has 0 fully saturated rings. The van der Waals surface area contributed by atoms with E-state index in [9.17, 15) is 0 Å². The Morgan fingerprint density at radius 1 is 1.08 bits per heavy atom. The van der Waals surface area contributed by atoms with Gasteiger partial charge in [-0.1, -0.05) is 50.4 Å². The minimum atomic E-state index is 0.938. The lowest BCUT2D eigenvalue weighted by Crippen LogP contribution is -1.94. The molecule has 1 aromatic rings. The largest absolute Gasteiger partial charge is 0.0840 e. The van der Waals surface area contributed by atoms with Gasteiger partial charge in [0.25, 0.3) is 0 Å². The molecule has 0 amide bonds. The number of rotatable bonds is 4. The van der Waals surface area contributed by atoms with Crippen molar-refractivity contribution in [1.29, 1.82) is 0 Å². The number of hydrogen-bond acceptors (Lipinski definition) is 0. The van der Waals surface area contributed by atoms with Crippen LogP contribution in [0.1, 0.15) is 37.8 Å². The number of benzene rings is 1. The number of aryl methyl sites for hydroxylation is 1. The van der Waals surface area contributed by atoms with E-state index >= 15 is 0 Å². The zero-order chi connectivity index (χ0) is 9.68. The molecule has 1 heteroatoms. The van der Waals surface area contributed by atoms with Gasteiger partial charge in [-0.2, -0.15) is 0 Å². The number of halogens is 1. The van der Waals surface area contributed by atoms with Crippen LogP contribution >= 0.6 is 11.6 Å². The molecule has 0 aliphatic rings. The van der Waals surface area contributed by atoms with Crippen LogP contribution in [0.15, 0.2) is 18.2 Å². The average Bonchev–Trinajstić information content (AvgIpc) is 2.11. The van der Waals surface area contributed by atoms with Crippen LogP contribution in [0.25, 0.3) is 0 Å². The third-order valence-corrected chi connectivity index (χ3v) is 2.59. The molecule has 0 nitrogen and oxygen atoms in total. The molecule has 0 heterocycles. The van der Waals surface area contributed by atoms with E-state index in [4.69, 9.17) is 11.6 Å². The van der Waals surface area contributed by atoms with Gasteiger partial charge in [0.05, 0.1) is 0 Å². The summed E-state index contributed by atoms with van der Waals surface area (Å²) in [6.45, 7) is 4.40. The van der Waals surface area contributed by atoms with Crippen molar-refractivity contribution in [1.82, 2.24) is 0 Å². The highest BCUT2D eigenvalue weighted by Crippen LogP contribution is 2.22. The average molecular weight is 197 g/mol. The van der Waals surface area contributed by atoms with Crippen LogP contribution in [-0.4, -0.2) is 0 Å². The van der Waals surface area contributed by atoms with Gasteiger partial charge in [0, 0.05) is 5.02 Å². The Morgan fingerprint density at radius 2 is 1.77 bits per heavy atom. The maximum absolute atomic E-state index is 6.14. The summed E-state index contributed by atoms with van der Waals surface area (Å²) in [5.41, 5.74) is 2.78. The van der Waals surface area contributed by atoms with Gasteiger partial charge in [0.15, 0.2) is 0 Å². The van der Waals surface area contributed by atoms with Crippen molar-refractivity contribution in [3.05, 3.63) is 34.3 Å². The summed E-state index contributed by atoms with van der Waals surface area (Å²) in [7, 11) is 0. The zero-order valence-electron chi connectivity index (χ0n) is 8.44. The summed E-state index contributed by atoms with van der Waals surface area (Å²) in [6, 6.07) is 6.23. The number of hydrogen-bond donors (Lipinski definition) is 0. The smallest absolute Gasteiger partial charge is 0.0440 e. The summed E-state index contributed by atoms with van der Waals surface area (Å²) < 4.78 is 0. The molecule has 13 heavy (non-hydrogen) atoms. The van der Waals surface area contributed by atoms with Crippen molar-refractivity contribution in [2.24, 2.45) is 0 Å². The summed E-state index contributed by atoms with van der Waals surface area (Å²) in [5, 5.41) is 0.938. The Morgan fingerprint density at radius 3 is 2.38 bits per heavy atom. The molecule has 72 valence electrons. The van der Waals surface area contributed by atoms with E-state index < -0.39 is 0 Å². The summed E-state index contributed by atoms with van der Waals surface area (Å²) >= 11 is 6.14. The van der Waals surface area contributed by atoms with E-state index in [1.165, 1.54) is 24.0 Å². The molecule has 0 radical (unpaired) electrons. The minimum Gasteiger partial charge on any atom is -0.0840 e. The molecule has 0 saturated carbocycles. The topological polar surface area (TPSA) is 0 Å². The summed E-state index contributed by atoms with van der Waals surface area (Å²) in [6.07, 6.45) is 4.61. The lowest BCUT2D eigenvalue weighted by atomic mass is 10.00. The second kappa shape index (κ2) is 5.29. The molecular formula is C12H17Cl. The lowest BCUT2D eigenvalue weighted by molar-refractivity contribution is 0.861. The van der Waals surface area contributed by atoms with Crippen molar-refractivity contribution < 1.29 is 0 Å². The van der Waals surface area contributed by atoms with Crippen LogP contribution in [0, 0.1) is 0 Å². The first-order valence-electron chi connectivity index (χ1n) is 5.05. The molecule has 0 N–H and O–H groups in total. The first kappa shape index (κ1) is 10.6. The van der Waals surface area contributed by atoms with Gasteiger partial charge in [0.2, 0.25) is 0 Å². The van der Waals surface area contributed by atoms with Crippen LogP contribution in [0.5, 0.6) is 0 Å². The van der Waals surface area contributed by atoms with Crippen LogP contribution < -0.4 is 0 Å². The summed E-state index contributed by atoms with van der Waals surface area (Å²) in [5.74, 6) is 0. The van der Waals surface area contributed by atoms with Crippen molar-refractivity contribution in [3.63, 3.8) is 0 Å². The van der Waals surface area contributed by atoms with E-state index in [-0.39, 0.29) is 0 Å². The minimum absolute atomic E-state index is 0.938. The second-order valence-electron chi connectivity index (χ2n) is 3.38. The second-order valence-corrected chi connectivity index (χ2v) is 3.78. The van der Waals surface area contributed by atoms with Crippen molar-refractivity contribution in [3.8, 4) is 0 Å². The van der Waals surface area contributed by atoms with E-state index in [2.05, 4.69) is 19.9 Å². The Balaban J connectivity index is 2.95. The van der Waals surface area contributed by atoms with Gasteiger partial charge in [-0.15, -0.1) is 0 Å². The Labute approximate surface area is 85.9 Å². The first-order valence-corrected chi connectivity index (χ1v) is 5.43. The molecule has 0 saturated heterocycles. The first-order chi connectivity index (χ1) is 6.29. The lowest BCUT2D eigenvalue weighted by Gasteiger charge is -2.09. The van der Waals surface area contributed by atoms with Gasteiger partial charge < -0.3 is 0 Å². The van der Waals surface area contributed by atoms with Gasteiger partial charge >= 0.3 is 0 Å². The molecule has 0 aliphatic heterocycles. The fourth-order valence-corrected chi connectivity index (χ4v) is 1.93. The highest BCUT2D eigenvalue weighted by molar-refractivity contribution is 6.31. The Hall–Kier alpha value is -0.490. The van der Waals surface area contributed by atoms with E-state index in [0.29, 0.717) is 0 Å². The maximum Gasteiger partial charge on any atom is 0.0440 e. The molecule has 0 aliphatic carbocycles. The third-order valence-electron chi connectivity index (χ3n) is 2.24. The van der Waals surface area contributed by atoms with Crippen LogP contribution in [0.4, 0.5) is 0 Å². The molecule has 0 bridgehead atoms. The quantitative estimate of drug-likeness (QED) is 0.676. The van der Waals surface area contributed by atoms with Crippen molar-refractivity contribution >= 4 is 11.6 Å². The standard InChI is InChI=1S/C12H17Cl/c1-3-6-10-8-5-9-12(13)11(10)7-4-2/h5,8-9H,3-4,6-7H2,1-2H3. The normalized spacial score (nSPS) is 10.4. The van der Waals surface area contributed by atoms with E-state index in [1.807, 2.05) is 12.1 Å². The van der Waals surface area contributed by atoms with Crippen LogP contribution in [-0.2, 0) is 12.8 Å². The monoisotopic (exact) mass is 196 g/mol. The van der Waals surface area contributed by atoms with Gasteiger partial charge in [-0.25, -0.2) is 0 Å². The highest BCUT2D eigenvalue weighted by atomic mass is 35.5.